The summed E-state index contributed by atoms with van der Waals surface area (Å²) in [6.07, 6.45) is 0. The van der Waals surface area contributed by atoms with Crippen LogP contribution in [0, 0.1) is 0 Å². The molecular weight excluding hydrogens is 456 g/mol. The number of hydrogen-bond acceptors (Lipinski definition) is 0. The molecule has 0 aliphatic carbocycles. The highest BCUT2D eigenvalue weighted by Gasteiger charge is 2.16. The highest BCUT2D eigenvalue weighted by molar-refractivity contribution is 6.37. The maximum absolute atomic E-state index is 2.43. The molecule has 0 spiro atoms. The summed E-state index contributed by atoms with van der Waals surface area (Å²) in [5.74, 6) is 0. The fourth-order valence-electron chi connectivity index (χ4n) is 6.82. The van der Waals surface area contributed by atoms with Crippen molar-refractivity contribution in [3.63, 3.8) is 0 Å². The summed E-state index contributed by atoms with van der Waals surface area (Å²) in [6.45, 7) is 0. The predicted molar refractivity (Wildman–Crippen MR) is 166 cm³/mol. The Labute approximate surface area is 219 Å². The van der Waals surface area contributed by atoms with Crippen molar-refractivity contribution in [2.45, 2.75) is 0 Å². The first-order chi connectivity index (χ1) is 18.8. The van der Waals surface area contributed by atoms with Crippen molar-refractivity contribution in [2.75, 3.05) is 0 Å². The Morgan fingerprint density at radius 3 is 1.32 bits per heavy atom. The zero-order chi connectivity index (χ0) is 24.8. The molecule has 0 atom stereocenters. The van der Waals surface area contributed by atoms with Crippen LogP contribution in [0.3, 0.4) is 0 Å². The molecule has 0 heteroatoms. The molecule has 38 heavy (non-hydrogen) atoms. The van der Waals surface area contributed by atoms with E-state index in [1.165, 1.54) is 86.5 Å². The van der Waals surface area contributed by atoms with Gasteiger partial charge >= 0.3 is 0 Å². The van der Waals surface area contributed by atoms with Crippen molar-refractivity contribution >= 4 is 75.4 Å². The van der Waals surface area contributed by atoms with Crippen LogP contribution in [0.15, 0.2) is 133 Å². The van der Waals surface area contributed by atoms with Gasteiger partial charge in [-0.15, -0.1) is 0 Å². The van der Waals surface area contributed by atoms with Crippen LogP contribution in [-0.2, 0) is 0 Å². The molecule has 0 nitrogen and oxygen atoms in total. The lowest BCUT2D eigenvalue weighted by Crippen LogP contribution is -1.89. The Bertz CT molecular complexity index is 2380. The third kappa shape index (κ3) is 2.64. The van der Waals surface area contributed by atoms with Crippen molar-refractivity contribution in [3.8, 4) is 11.1 Å². The van der Waals surface area contributed by atoms with Crippen molar-refractivity contribution in [3.05, 3.63) is 133 Å². The first-order valence-corrected chi connectivity index (χ1v) is 13.3. The van der Waals surface area contributed by atoms with E-state index in [2.05, 4.69) is 133 Å². The molecule has 9 aromatic rings. The summed E-state index contributed by atoms with van der Waals surface area (Å²) >= 11 is 0. The van der Waals surface area contributed by atoms with E-state index in [4.69, 9.17) is 0 Å². The highest BCUT2D eigenvalue weighted by atomic mass is 14.2. The van der Waals surface area contributed by atoms with E-state index in [1.807, 2.05) is 0 Å². The van der Waals surface area contributed by atoms with Crippen LogP contribution >= 0.6 is 0 Å². The zero-order valence-corrected chi connectivity index (χ0v) is 20.7. The van der Waals surface area contributed by atoms with E-state index < -0.39 is 0 Å². The average molecular weight is 479 g/mol. The van der Waals surface area contributed by atoms with Gasteiger partial charge in [-0.2, -0.15) is 0 Å². The van der Waals surface area contributed by atoms with E-state index in [0.29, 0.717) is 0 Å². The lowest BCUT2D eigenvalue weighted by Gasteiger charge is -2.17. The highest BCUT2D eigenvalue weighted by Crippen LogP contribution is 2.44. The number of benzene rings is 8. The van der Waals surface area contributed by atoms with E-state index in [1.54, 1.807) is 0 Å². The van der Waals surface area contributed by atoms with E-state index >= 15 is 0 Å². The molecule has 0 radical (unpaired) electrons. The third-order valence-corrected chi connectivity index (χ3v) is 8.51. The van der Waals surface area contributed by atoms with Crippen LogP contribution in [0.1, 0.15) is 0 Å². The van der Waals surface area contributed by atoms with Gasteiger partial charge in [0.2, 0.25) is 0 Å². The second-order valence-electron chi connectivity index (χ2n) is 10.5. The van der Waals surface area contributed by atoms with Gasteiger partial charge in [-0.3, -0.25) is 0 Å². The van der Waals surface area contributed by atoms with Crippen molar-refractivity contribution < 1.29 is 0 Å². The first kappa shape index (κ1) is 20.2. The van der Waals surface area contributed by atoms with Crippen molar-refractivity contribution in [1.82, 2.24) is 0 Å². The summed E-state index contributed by atoms with van der Waals surface area (Å²) in [6, 6.07) is 49.8. The maximum atomic E-state index is 2.43. The lowest BCUT2D eigenvalue weighted by atomic mass is 9.86. The normalized spacial score (nSPS) is 12.2. The van der Waals surface area contributed by atoms with E-state index in [-0.39, 0.29) is 0 Å². The number of hydrogen-bond donors (Lipinski definition) is 0. The van der Waals surface area contributed by atoms with E-state index in [0.717, 1.165) is 0 Å². The topological polar surface area (TPSA) is 0 Å². The van der Waals surface area contributed by atoms with Crippen LogP contribution < -0.4 is 0 Å². The fourth-order valence-corrected chi connectivity index (χ4v) is 6.82. The molecule has 0 amide bonds. The van der Waals surface area contributed by atoms with Gasteiger partial charge in [0.1, 0.15) is 0 Å². The molecule has 0 saturated heterocycles. The molecule has 9 aromatic carbocycles. The molecule has 0 aliphatic rings. The van der Waals surface area contributed by atoms with Gasteiger partial charge in [0.05, 0.1) is 0 Å². The largest absolute Gasteiger partial charge is 0.0616 e. The van der Waals surface area contributed by atoms with Crippen LogP contribution in [-0.4, -0.2) is 0 Å². The minimum Gasteiger partial charge on any atom is -0.0616 e. The summed E-state index contributed by atoms with van der Waals surface area (Å²) in [7, 11) is 0. The molecule has 0 unspecified atom stereocenters. The van der Waals surface area contributed by atoms with Gasteiger partial charge in [0.15, 0.2) is 0 Å². The molecular formula is C38H22. The summed E-state index contributed by atoms with van der Waals surface area (Å²) in [5, 5.41) is 18.4. The Morgan fingerprint density at radius 1 is 0.237 bits per heavy atom. The Balaban J connectivity index is 1.58. The van der Waals surface area contributed by atoms with Gasteiger partial charge < -0.3 is 0 Å². The van der Waals surface area contributed by atoms with Gasteiger partial charge in [-0.25, -0.2) is 0 Å². The molecule has 0 aromatic heterocycles. The average Bonchev–Trinajstić information content (AvgIpc) is 2.98. The fraction of sp³-hybridized carbons (Fsp3) is 0. The summed E-state index contributed by atoms with van der Waals surface area (Å²) in [4.78, 5) is 0. The van der Waals surface area contributed by atoms with E-state index in [9.17, 15) is 0 Å². The minimum atomic E-state index is 1.25. The molecule has 0 aliphatic heterocycles. The van der Waals surface area contributed by atoms with Crippen LogP contribution in [0.5, 0.6) is 0 Å². The zero-order valence-electron chi connectivity index (χ0n) is 20.7. The molecule has 174 valence electrons. The van der Waals surface area contributed by atoms with Gasteiger partial charge in [-0.05, 0) is 105 Å². The molecule has 0 N–H and O–H groups in total. The first-order valence-electron chi connectivity index (χ1n) is 13.3. The van der Waals surface area contributed by atoms with Crippen LogP contribution in [0.2, 0.25) is 0 Å². The molecule has 0 bridgehead atoms. The Hall–Kier alpha value is -4.94. The van der Waals surface area contributed by atoms with Crippen LogP contribution in [0.25, 0.3) is 86.5 Å². The molecule has 9 rings (SSSR count). The third-order valence-electron chi connectivity index (χ3n) is 8.51. The standard InChI is InChI=1S/C38H22/c1-2-7-27-20-28(18-14-23(27)6-1)30-21-29-19-17-26-9-4-12-32-31-11-3-8-24-15-16-25-10-5-13-33(37(25)35(24)31)34(22-30)38(29)36(26)32/h1-22H. The predicted octanol–water partition coefficient (Wildman–Crippen LogP) is 10.9. The summed E-state index contributed by atoms with van der Waals surface area (Å²) in [5.41, 5.74) is 2.51. The van der Waals surface area contributed by atoms with Gasteiger partial charge in [-0.1, -0.05) is 115 Å². The Kier molecular flexibility index (Phi) is 3.88. The second-order valence-corrected chi connectivity index (χ2v) is 10.5. The lowest BCUT2D eigenvalue weighted by molar-refractivity contribution is 1.69. The SMILES string of the molecule is c1ccc2cc(-c3cc4ccc5cccc6c7cccc8ccc9cccc(c(c3)c4c56)c9c87)ccc2c1. The maximum Gasteiger partial charge on any atom is -0.00199 e. The molecule has 0 fully saturated rings. The van der Waals surface area contributed by atoms with Crippen LogP contribution in [0.4, 0.5) is 0 Å². The molecule has 0 saturated carbocycles. The minimum absolute atomic E-state index is 1.25. The number of fused-ring (bicyclic) bond motifs is 3. The molecule has 0 heterocycles. The Morgan fingerprint density at radius 2 is 0.684 bits per heavy atom. The van der Waals surface area contributed by atoms with Crippen molar-refractivity contribution in [1.29, 1.82) is 0 Å². The monoisotopic (exact) mass is 478 g/mol. The van der Waals surface area contributed by atoms with Gasteiger partial charge in [0.25, 0.3) is 0 Å². The van der Waals surface area contributed by atoms with Gasteiger partial charge in [0, 0.05) is 0 Å². The second kappa shape index (κ2) is 7.31. The van der Waals surface area contributed by atoms with Crippen molar-refractivity contribution in [2.24, 2.45) is 0 Å². The summed E-state index contributed by atoms with van der Waals surface area (Å²) < 4.78 is 0. The number of rotatable bonds is 1. The quantitative estimate of drug-likeness (QED) is 0.206. The smallest absolute Gasteiger partial charge is 0.00199 e.